The molecule has 3 unspecified atom stereocenters. The van der Waals surface area contributed by atoms with E-state index in [0.717, 1.165) is 12.0 Å². The maximum absolute atomic E-state index is 3.78. The van der Waals surface area contributed by atoms with Crippen LogP contribution < -0.4 is 5.32 Å². The van der Waals surface area contributed by atoms with E-state index in [-0.39, 0.29) is 0 Å². The first-order chi connectivity index (χ1) is 9.74. The fourth-order valence-corrected chi connectivity index (χ4v) is 3.72. The highest BCUT2D eigenvalue weighted by atomic mass is 15.3. The molecular weight excluding hydrogens is 246 g/mol. The molecule has 0 spiro atoms. The lowest BCUT2D eigenvalue weighted by atomic mass is 9.98. The topological polar surface area (TPSA) is 18.5 Å². The van der Waals surface area contributed by atoms with Crippen molar-refractivity contribution in [3.63, 3.8) is 0 Å². The summed E-state index contributed by atoms with van der Waals surface area (Å²) in [4.78, 5) is 5.44. The van der Waals surface area contributed by atoms with Crippen LogP contribution in [-0.2, 0) is 0 Å². The highest BCUT2D eigenvalue weighted by Gasteiger charge is 2.30. The van der Waals surface area contributed by atoms with Crippen molar-refractivity contribution in [1.29, 1.82) is 0 Å². The molecule has 0 aliphatic carbocycles. The second-order valence-corrected chi connectivity index (χ2v) is 6.89. The zero-order chi connectivity index (χ0) is 14.4. The van der Waals surface area contributed by atoms with Gasteiger partial charge in [0.05, 0.1) is 0 Å². The molecule has 2 aliphatic heterocycles. The van der Waals surface area contributed by atoms with E-state index in [0.29, 0.717) is 6.04 Å². The van der Waals surface area contributed by atoms with Gasteiger partial charge in [-0.05, 0) is 57.8 Å². The van der Waals surface area contributed by atoms with Gasteiger partial charge in [-0.1, -0.05) is 27.2 Å². The monoisotopic (exact) mass is 281 g/mol. The maximum Gasteiger partial charge on any atom is 0.0235 e. The van der Waals surface area contributed by atoms with Gasteiger partial charge in [0.2, 0.25) is 0 Å². The van der Waals surface area contributed by atoms with Crippen LogP contribution >= 0.6 is 0 Å². The van der Waals surface area contributed by atoms with Crippen LogP contribution in [-0.4, -0.2) is 61.2 Å². The highest BCUT2D eigenvalue weighted by molar-refractivity contribution is 4.88. The zero-order valence-corrected chi connectivity index (χ0v) is 13.9. The molecule has 0 saturated carbocycles. The van der Waals surface area contributed by atoms with Gasteiger partial charge in [0.15, 0.2) is 0 Å². The number of hydrogen-bond acceptors (Lipinski definition) is 3. The van der Waals surface area contributed by atoms with Crippen molar-refractivity contribution in [3.8, 4) is 0 Å². The molecule has 20 heavy (non-hydrogen) atoms. The van der Waals surface area contributed by atoms with Crippen molar-refractivity contribution in [1.82, 2.24) is 15.1 Å². The minimum absolute atomic E-state index is 0.678. The summed E-state index contributed by atoms with van der Waals surface area (Å²) in [6, 6.07) is 1.53. The Morgan fingerprint density at radius 1 is 1.15 bits per heavy atom. The Labute approximate surface area is 126 Å². The molecular formula is C17H35N3. The molecule has 0 radical (unpaired) electrons. The third kappa shape index (κ3) is 4.44. The van der Waals surface area contributed by atoms with Crippen LogP contribution in [0.3, 0.4) is 0 Å². The van der Waals surface area contributed by atoms with Crippen LogP contribution in [0.25, 0.3) is 0 Å². The van der Waals surface area contributed by atoms with Gasteiger partial charge in [0.25, 0.3) is 0 Å². The van der Waals surface area contributed by atoms with Crippen LogP contribution in [0.5, 0.6) is 0 Å². The van der Waals surface area contributed by atoms with Gasteiger partial charge in [-0.2, -0.15) is 0 Å². The first-order valence-electron chi connectivity index (χ1n) is 8.94. The number of hydrogen-bond donors (Lipinski definition) is 1. The number of nitrogens with one attached hydrogen (secondary N) is 1. The average Bonchev–Trinajstić information content (AvgIpc) is 3.13. The fourth-order valence-electron chi connectivity index (χ4n) is 3.72. The summed E-state index contributed by atoms with van der Waals surface area (Å²) in [6.45, 7) is 14.7. The lowest BCUT2D eigenvalue weighted by molar-refractivity contribution is 0.208. The average molecular weight is 281 g/mol. The van der Waals surface area contributed by atoms with Crippen molar-refractivity contribution in [2.24, 2.45) is 5.92 Å². The summed E-state index contributed by atoms with van der Waals surface area (Å²) >= 11 is 0. The Morgan fingerprint density at radius 3 is 2.55 bits per heavy atom. The van der Waals surface area contributed by atoms with Crippen molar-refractivity contribution < 1.29 is 0 Å². The summed E-state index contributed by atoms with van der Waals surface area (Å²) in [5.41, 5.74) is 0. The molecule has 0 aromatic carbocycles. The van der Waals surface area contributed by atoms with Crippen molar-refractivity contribution in [2.75, 3.05) is 39.3 Å². The van der Waals surface area contributed by atoms with Gasteiger partial charge in [-0.3, -0.25) is 4.90 Å². The first-order valence-corrected chi connectivity index (χ1v) is 8.94. The fraction of sp³-hybridized carbons (Fsp3) is 1.00. The van der Waals surface area contributed by atoms with Gasteiger partial charge in [-0.15, -0.1) is 0 Å². The minimum atomic E-state index is 0.678. The molecule has 2 saturated heterocycles. The van der Waals surface area contributed by atoms with E-state index in [1.165, 1.54) is 71.4 Å². The van der Waals surface area contributed by atoms with E-state index in [2.05, 4.69) is 35.9 Å². The molecule has 2 heterocycles. The van der Waals surface area contributed by atoms with Crippen LogP contribution in [0, 0.1) is 5.92 Å². The molecule has 0 bridgehead atoms. The Hall–Kier alpha value is -0.120. The maximum atomic E-state index is 3.78. The standard InChI is InChI=1S/C17H35N3/c1-4-9-18-17(15(3)5-2)14-19-12-8-16(13-19)20-10-6-7-11-20/h15-18H,4-14H2,1-3H3. The molecule has 118 valence electrons. The normalized spacial score (nSPS) is 28.1. The highest BCUT2D eigenvalue weighted by Crippen LogP contribution is 2.21. The quantitative estimate of drug-likeness (QED) is 0.738. The van der Waals surface area contributed by atoms with Crippen LogP contribution in [0.2, 0.25) is 0 Å². The second kappa shape index (κ2) is 8.35. The summed E-state index contributed by atoms with van der Waals surface area (Å²) in [5, 5.41) is 3.78. The predicted octanol–water partition coefficient (Wildman–Crippen LogP) is 2.57. The van der Waals surface area contributed by atoms with Gasteiger partial charge in [-0.25, -0.2) is 0 Å². The van der Waals surface area contributed by atoms with Crippen LogP contribution in [0.1, 0.15) is 52.9 Å². The Kier molecular flexibility index (Phi) is 6.79. The summed E-state index contributed by atoms with van der Waals surface area (Å²) < 4.78 is 0. The molecule has 3 heteroatoms. The smallest absolute Gasteiger partial charge is 0.0235 e. The third-order valence-electron chi connectivity index (χ3n) is 5.35. The van der Waals surface area contributed by atoms with Crippen LogP contribution in [0.4, 0.5) is 0 Å². The van der Waals surface area contributed by atoms with Gasteiger partial charge in [0, 0.05) is 25.2 Å². The third-order valence-corrected chi connectivity index (χ3v) is 5.35. The van der Waals surface area contributed by atoms with E-state index >= 15 is 0 Å². The number of rotatable bonds is 8. The largest absolute Gasteiger partial charge is 0.312 e. The summed E-state index contributed by atoms with van der Waals surface area (Å²) in [7, 11) is 0. The zero-order valence-electron chi connectivity index (χ0n) is 13.9. The van der Waals surface area contributed by atoms with Crippen molar-refractivity contribution >= 4 is 0 Å². The Morgan fingerprint density at radius 2 is 1.90 bits per heavy atom. The molecule has 0 amide bonds. The van der Waals surface area contributed by atoms with E-state index in [9.17, 15) is 0 Å². The SMILES string of the molecule is CCCNC(CN1CCC(N2CCCC2)C1)C(C)CC. The molecule has 2 fully saturated rings. The lowest BCUT2D eigenvalue weighted by Gasteiger charge is -2.30. The van der Waals surface area contributed by atoms with Crippen molar-refractivity contribution in [2.45, 2.75) is 65.0 Å². The Balaban J connectivity index is 1.78. The van der Waals surface area contributed by atoms with Crippen molar-refractivity contribution in [3.05, 3.63) is 0 Å². The predicted molar refractivity (Wildman–Crippen MR) is 87.2 cm³/mol. The molecule has 0 aromatic rings. The van der Waals surface area contributed by atoms with Gasteiger partial charge < -0.3 is 10.2 Å². The molecule has 3 nitrogen and oxygen atoms in total. The molecule has 3 atom stereocenters. The first kappa shape index (κ1) is 16.3. The molecule has 2 aliphatic rings. The summed E-state index contributed by atoms with van der Waals surface area (Å²) in [5.74, 6) is 0.785. The number of likely N-dealkylation sites (tertiary alicyclic amines) is 2. The molecule has 2 rings (SSSR count). The Bertz CT molecular complexity index is 263. The summed E-state index contributed by atoms with van der Waals surface area (Å²) in [6.07, 6.45) is 6.75. The van der Waals surface area contributed by atoms with Crippen LogP contribution in [0.15, 0.2) is 0 Å². The van der Waals surface area contributed by atoms with Gasteiger partial charge >= 0.3 is 0 Å². The van der Waals surface area contributed by atoms with E-state index in [1.807, 2.05) is 0 Å². The minimum Gasteiger partial charge on any atom is -0.312 e. The second-order valence-electron chi connectivity index (χ2n) is 6.89. The number of nitrogens with zero attached hydrogens (tertiary/aromatic N) is 2. The van der Waals surface area contributed by atoms with Gasteiger partial charge in [0.1, 0.15) is 0 Å². The lowest BCUT2D eigenvalue weighted by Crippen LogP contribution is -2.45. The molecule has 1 N–H and O–H groups in total. The molecule has 0 aromatic heterocycles. The van der Waals surface area contributed by atoms with E-state index in [1.54, 1.807) is 0 Å². The van der Waals surface area contributed by atoms with E-state index in [4.69, 9.17) is 0 Å². The van der Waals surface area contributed by atoms with E-state index < -0.39 is 0 Å².